The summed E-state index contributed by atoms with van der Waals surface area (Å²) in [5.41, 5.74) is 0.501. The topological polar surface area (TPSA) is 74.6 Å². The van der Waals surface area contributed by atoms with Gasteiger partial charge in [0.25, 0.3) is 0 Å². The highest BCUT2D eigenvalue weighted by Crippen LogP contribution is 2.28. The lowest BCUT2D eigenvalue weighted by Gasteiger charge is -2.18. The van der Waals surface area contributed by atoms with E-state index in [9.17, 15) is 14.4 Å². The summed E-state index contributed by atoms with van der Waals surface area (Å²) in [5.74, 6) is -0.158. The van der Waals surface area contributed by atoms with Crippen molar-refractivity contribution in [2.24, 2.45) is 5.41 Å². The molecule has 138 valence electrons. The Balaban J connectivity index is 2.29. The summed E-state index contributed by atoms with van der Waals surface area (Å²) in [6.45, 7) is 7.66. The van der Waals surface area contributed by atoms with Crippen LogP contribution in [-0.4, -0.2) is 35.9 Å². The van der Waals surface area contributed by atoms with Gasteiger partial charge in [0, 0.05) is 29.1 Å². The van der Waals surface area contributed by atoms with Gasteiger partial charge in [-0.2, -0.15) is 0 Å². The van der Waals surface area contributed by atoms with E-state index in [1.807, 2.05) is 20.8 Å². The van der Waals surface area contributed by atoms with Crippen LogP contribution in [0.2, 0.25) is 0 Å². The number of nitrogens with zero attached hydrogens (tertiary/aromatic N) is 1. The van der Waals surface area contributed by atoms with E-state index < -0.39 is 11.4 Å². The monoisotopic (exact) mass is 357 g/mol. The van der Waals surface area contributed by atoms with Gasteiger partial charge in [0.15, 0.2) is 6.29 Å². The largest absolute Gasteiger partial charge is 0.489 e. The van der Waals surface area contributed by atoms with Gasteiger partial charge in [-0.05, 0) is 25.1 Å². The molecule has 0 saturated carbocycles. The molecule has 1 heterocycles. The number of aromatic nitrogens is 1. The lowest BCUT2D eigenvalue weighted by molar-refractivity contribution is -0.137. The predicted octanol–water partition coefficient (Wildman–Crippen LogP) is 3.64. The molecule has 0 aliphatic carbocycles. The molecule has 0 fully saturated rings. The van der Waals surface area contributed by atoms with Crippen molar-refractivity contribution in [3.63, 3.8) is 0 Å². The first-order valence-electron chi connectivity index (χ1n) is 8.39. The molecule has 0 N–H and O–H groups in total. The number of aldehydes is 1. The van der Waals surface area contributed by atoms with Crippen molar-refractivity contribution in [2.75, 3.05) is 13.2 Å². The van der Waals surface area contributed by atoms with E-state index in [1.54, 1.807) is 35.9 Å². The fraction of sp³-hybridized carbons (Fsp3) is 0.350. The maximum Gasteiger partial charge on any atom is 0.330 e. The average molecular weight is 357 g/mol. The van der Waals surface area contributed by atoms with Gasteiger partial charge in [-0.3, -0.25) is 14.2 Å². The number of benzene rings is 1. The Morgan fingerprint density at radius 2 is 1.96 bits per heavy atom. The first kappa shape index (κ1) is 19.4. The molecule has 0 spiro atoms. The maximum absolute atomic E-state index is 12.6. The Morgan fingerprint density at radius 3 is 2.58 bits per heavy atom. The highest BCUT2D eigenvalue weighted by Gasteiger charge is 2.24. The summed E-state index contributed by atoms with van der Waals surface area (Å²) in [6, 6.07) is 5.14. The molecule has 0 unspecified atom stereocenters. The van der Waals surface area contributed by atoms with E-state index in [0.29, 0.717) is 29.7 Å². The van der Waals surface area contributed by atoms with Gasteiger partial charge < -0.3 is 9.47 Å². The lowest BCUT2D eigenvalue weighted by Crippen LogP contribution is -2.26. The van der Waals surface area contributed by atoms with Crippen molar-refractivity contribution in [3.05, 3.63) is 42.1 Å². The Hall–Kier alpha value is -2.89. The number of hydrogen-bond donors (Lipinski definition) is 0. The molecule has 6 nitrogen and oxygen atoms in total. The molecule has 2 rings (SSSR count). The Kier molecular flexibility index (Phi) is 5.97. The van der Waals surface area contributed by atoms with Crippen LogP contribution < -0.4 is 4.74 Å². The van der Waals surface area contributed by atoms with E-state index in [0.717, 1.165) is 5.39 Å². The second-order valence-electron chi connectivity index (χ2n) is 6.77. The molecular formula is C20H23NO5. The van der Waals surface area contributed by atoms with Crippen molar-refractivity contribution in [3.8, 4) is 5.75 Å². The van der Waals surface area contributed by atoms with Crippen LogP contribution in [0, 0.1) is 5.41 Å². The second kappa shape index (κ2) is 7.99. The molecule has 6 heteroatoms. The van der Waals surface area contributed by atoms with Crippen LogP contribution in [0.15, 0.2) is 36.5 Å². The summed E-state index contributed by atoms with van der Waals surface area (Å²) in [5, 5.41) is 0.777. The van der Waals surface area contributed by atoms with Gasteiger partial charge in [-0.25, -0.2) is 4.79 Å². The standard InChI is InChI=1S/C20H23NO5/c1-5-25-18(23)7-6-10-26-17-12-16-14(11-15(17)13-22)8-9-21(16)19(24)20(2,3)4/h6-9,11-13H,5,10H2,1-4H3. The van der Waals surface area contributed by atoms with Gasteiger partial charge in [0.1, 0.15) is 12.4 Å². The van der Waals surface area contributed by atoms with Gasteiger partial charge in [0.05, 0.1) is 17.7 Å². The molecule has 0 aliphatic rings. The Morgan fingerprint density at radius 1 is 1.23 bits per heavy atom. The molecule has 2 aromatic rings. The predicted molar refractivity (Wildman–Crippen MR) is 98.7 cm³/mol. The SMILES string of the molecule is CCOC(=O)C=CCOc1cc2c(ccn2C(=O)C(C)(C)C)cc1C=O. The molecule has 0 amide bonds. The van der Waals surface area contributed by atoms with E-state index in [2.05, 4.69) is 0 Å². The molecule has 1 aromatic carbocycles. The van der Waals surface area contributed by atoms with Crippen molar-refractivity contribution in [1.82, 2.24) is 4.57 Å². The number of rotatable bonds is 6. The zero-order valence-corrected chi connectivity index (χ0v) is 15.4. The van der Waals surface area contributed by atoms with Crippen LogP contribution in [0.1, 0.15) is 42.8 Å². The fourth-order valence-electron chi connectivity index (χ4n) is 2.41. The summed E-state index contributed by atoms with van der Waals surface area (Å²) in [6.07, 6.45) is 5.18. The first-order chi connectivity index (χ1) is 12.3. The minimum atomic E-state index is -0.543. The van der Waals surface area contributed by atoms with Gasteiger partial charge in [-0.15, -0.1) is 0 Å². The number of ether oxygens (including phenoxy) is 2. The van der Waals surface area contributed by atoms with Crippen LogP contribution in [0.5, 0.6) is 5.75 Å². The Bertz CT molecular complexity index is 855. The third-order valence-corrected chi connectivity index (χ3v) is 3.68. The number of fused-ring (bicyclic) bond motifs is 1. The van der Waals surface area contributed by atoms with Gasteiger partial charge in [-0.1, -0.05) is 20.8 Å². The lowest BCUT2D eigenvalue weighted by atomic mass is 9.95. The Labute approximate surface area is 152 Å². The second-order valence-corrected chi connectivity index (χ2v) is 6.77. The maximum atomic E-state index is 12.6. The molecular weight excluding hydrogens is 334 g/mol. The van der Waals surface area contributed by atoms with Crippen LogP contribution >= 0.6 is 0 Å². The zero-order valence-electron chi connectivity index (χ0n) is 15.4. The molecule has 26 heavy (non-hydrogen) atoms. The van der Waals surface area contributed by atoms with Crippen molar-refractivity contribution in [1.29, 1.82) is 0 Å². The molecule has 0 aliphatic heterocycles. The summed E-state index contributed by atoms with van der Waals surface area (Å²) in [4.78, 5) is 35.2. The first-order valence-corrected chi connectivity index (χ1v) is 8.39. The minimum Gasteiger partial charge on any atom is -0.489 e. The number of hydrogen-bond acceptors (Lipinski definition) is 5. The van der Waals surface area contributed by atoms with Crippen LogP contribution in [-0.2, 0) is 9.53 Å². The average Bonchev–Trinajstić information content (AvgIpc) is 2.99. The molecule has 0 bridgehead atoms. The third-order valence-electron chi connectivity index (χ3n) is 3.68. The van der Waals surface area contributed by atoms with Gasteiger partial charge in [0.2, 0.25) is 5.91 Å². The highest BCUT2D eigenvalue weighted by atomic mass is 16.5. The van der Waals surface area contributed by atoms with Gasteiger partial charge >= 0.3 is 5.97 Å². The molecule has 1 aromatic heterocycles. The highest BCUT2D eigenvalue weighted by molar-refractivity contribution is 5.98. The fourth-order valence-corrected chi connectivity index (χ4v) is 2.41. The number of carbonyl (C=O) groups excluding carboxylic acids is 3. The summed E-state index contributed by atoms with van der Waals surface area (Å²) >= 11 is 0. The van der Waals surface area contributed by atoms with Crippen LogP contribution in [0.4, 0.5) is 0 Å². The van der Waals surface area contributed by atoms with E-state index in [1.165, 1.54) is 12.2 Å². The number of esters is 1. The van der Waals surface area contributed by atoms with Crippen molar-refractivity contribution >= 4 is 29.1 Å². The van der Waals surface area contributed by atoms with E-state index >= 15 is 0 Å². The minimum absolute atomic E-state index is 0.0560. The quantitative estimate of drug-likeness (QED) is 0.448. The molecule has 0 atom stereocenters. The molecule has 0 saturated heterocycles. The van der Waals surface area contributed by atoms with Crippen LogP contribution in [0.25, 0.3) is 10.9 Å². The van der Waals surface area contributed by atoms with Crippen molar-refractivity contribution < 1.29 is 23.9 Å². The summed E-state index contributed by atoms with van der Waals surface area (Å²) < 4.78 is 11.9. The smallest absolute Gasteiger partial charge is 0.330 e. The third kappa shape index (κ3) is 4.39. The van der Waals surface area contributed by atoms with E-state index in [-0.39, 0.29) is 12.5 Å². The normalized spacial score (nSPS) is 11.7. The van der Waals surface area contributed by atoms with Crippen LogP contribution in [0.3, 0.4) is 0 Å². The zero-order chi connectivity index (χ0) is 19.3. The number of carbonyl (C=O) groups is 3. The molecule has 0 radical (unpaired) electrons. The summed E-state index contributed by atoms with van der Waals surface area (Å²) in [7, 11) is 0. The van der Waals surface area contributed by atoms with Crippen molar-refractivity contribution in [2.45, 2.75) is 27.7 Å². The van der Waals surface area contributed by atoms with E-state index in [4.69, 9.17) is 9.47 Å².